The molecule has 0 aliphatic carbocycles. The average Bonchev–Trinajstić information content (AvgIpc) is 3.65. The molecule has 14 heteroatoms. The molecule has 0 saturated heterocycles. The lowest BCUT2D eigenvalue weighted by atomic mass is 10.1. The fourth-order valence-corrected chi connectivity index (χ4v) is 5.22. The Labute approximate surface area is 241 Å². The van der Waals surface area contributed by atoms with Gasteiger partial charge in [-0.3, -0.25) is 9.59 Å². The van der Waals surface area contributed by atoms with Crippen molar-refractivity contribution in [2.75, 3.05) is 66.4 Å². The third-order valence-electron chi connectivity index (χ3n) is 5.56. The van der Waals surface area contributed by atoms with Gasteiger partial charge in [-0.2, -0.15) is 0 Å². The summed E-state index contributed by atoms with van der Waals surface area (Å²) in [5.41, 5.74) is 3.43. The van der Waals surface area contributed by atoms with E-state index in [1.54, 1.807) is 36.2 Å². The van der Waals surface area contributed by atoms with Crippen molar-refractivity contribution in [1.82, 2.24) is 24.6 Å². The molecule has 0 unspecified atom stereocenters. The number of amides is 1. The number of aromatic nitrogens is 4. The zero-order valence-corrected chi connectivity index (χ0v) is 24.3. The molecule has 0 radical (unpaired) electrons. The van der Waals surface area contributed by atoms with Gasteiger partial charge in [0.15, 0.2) is 4.34 Å². The Hall–Kier alpha value is -2.88. The molecule has 0 fully saturated rings. The number of nitrogens with zero attached hydrogens (tertiary/aromatic N) is 5. The summed E-state index contributed by atoms with van der Waals surface area (Å²) in [6.07, 6.45) is 5.43. The third-order valence-corrected chi connectivity index (χ3v) is 7.66. The van der Waals surface area contributed by atoms with Crippen LogP contribution < -0.4 is 0 Å². The Kier molecular flexibility index (Phi) is 14.0. The van der Waals surface area contributed by atoms with E-state index in [2.05, 4.69) is 40.3 Å². The van der Waals surface area contributed by atoms with Crippen molar-refractivity contribution in [3.05, 3.63) is 53.1 Å². The van der Waals surface area contributed by atoms with Gasteiger partial charge in [0, 0.05) is 37.4 Å². The number of carbonyl (C=O) groups is 2. The molecule has 1 N–H and O–H groups in total. The summed E-state index contributed by atoms with van der Waals surface area (Å²) in [7, 11) is 1.71. The summed E-state index contributed by atoms with van der Waals surface area (Å²) in [4.78, 5) is 28.7. The number of thioether (sulfide) groups is 1. The van der Waals surface area contributed by atoms with E-state index in [1.165, 1.54) is 22.5 Å². The summed E-state index contributed by atoms with van der Waals surface area (Å²) in [6, 6.07) is 6.28. The molecular weight excluding hydrogens is 558 g/mol. The van der Waals surface area contributed by atoms with Crippen molar-refractivity contribution in [3.63, 3.8) is 0 Å². The Morgan fingerprint density at radius 2 is 1.68 bits per heavy atom. The molecule has 0 aliphatic heterocycles. The first-order valence-corrected chi connectivity index (χ1v) is 14.6. The van der Waals surface area contributed by atoms with E-state index in [4.69, 9.17) is 24.1 Å². The van der Waals surface area contributed by atoms with Crippen LogP contribution in [0.1, 0.15) is 27.3 Å². The Bertz CT molecular complexity index is 1180. The number of carbonyl (C=O) groups excluding carboxylic acids is 1. The quantitative estimate of drug-likeness (QED) is 0.153. The second-order valence-corrected chi connectivity index (χ2v) is 10.8. The minimum absolute atomic E-state index is 0.0138. The molecule has 218 valence electrons. The van der Waals surface area contributed by atoms with Crippen LogP contribution in [-0.4, -0.2) is 108 Å². The maximum Gasteiger partial charge on any atom is 0.305 e. The highest BCUT2D eigenvalue weighted by molar-refractivity contribution is 8.00. The minimum Gasteiger partial charge on any atom is -0.481 e. The summed E-state index contributed by atoms with van der Waals surface area (Å²) in [5, 5.41) is 17.1. The summed E-state index contributed by atoms with van der Waals surface area (Å²) >= 11 is 2.85. The number of rotatable bonds is 20. The van der Waals surface area contributed by atoms with Gasteiger partial charge in [0.25, 0.3) is 5.91 Å². The number of benzene rings is 1. The minimum atomic E-state index is -0.883. The lowest BCUT2D eigenvalue weighted by Gasteiger charge is -2.15. The van der Waals surface area contributed by atoms with Gasteiger partial charge in [0.2, 0.25) is 5.01 Å². The molecule has 1 aromatic carbocycles. The van der Waals surface area contributed by atoms with Crippen LogP contribution in [0.4, 0.5) is 0 Å². The first-order valence-electron chi connectivity index (χ1n) is 12.8. The van der Waals surface area contributed by atoms with Gasteiger partial charge < -0.3 is 33.5 Å². The Morgan fingerprint density at radius 1 is 1.00 bits per heavy atom. The van der Waals surface area contributed by atoms with Crippen molar-refractivity contribution in [2.24, 2.45) is 0 Å². The van der Waals surface area contributed by atoms with E-state index >= 15 is 0 Å². The van der Waals surface area contributed by atoms with Crippen molar-refractivity contribution >= 4 is 35.0 Å². The number of carboxylic acids is 1. The van der Waals surface area contributed by atoms with E-state index in [-0.39, 0.29) is 18.9 Å². The van der Waals surface area contributed by atoms with Gasteiger partial charge in [-0.1, -0.05) is 29.2 Å². The van der Waals surface area contributed by atoms with E-state index in [0.29, 0.717) is 57.8 Å². The number of likely N-dealkylation sites (N-methyl/N-ethyl adjacent to an activating group) is 1. The predicted molar refractivity (Wildman–Crippen MR) is 150 cm³/mol. The highest BCUT2D eigenvalue weighted by Crippen LogP contribution is 2.28. The summed E-state index contributed by atoms with van der Waals surface area (Å²) < 4.78 is 24.2. The van der Waals surface area contributed by atoms with Crippen molar-refractivity contribution < 1.29 is 33.6 Å². The van der Waals surface area contributed by atoms with E-state index < -0.39 is 5.97 Å². The molecule has 0 saturated carbocycles. The molecule has 1 amide bonds. The summed E-state index contributed by atoms with van der Waals surface area (Å²) in [5.74, 6) is -0.333. The number of aryl methyl sites for hydroxylation is 1. The molecule has 3 aromatic rings. The monoisotopic (exact) mass is 593 g/mol. The van der Waals surface area contributed by atoms with E-state index in [1.807, 2.05) is 10.8 Å². The number of hydrogen-bond acceptors (Lipinski definition) is 11. The number of imidazole rings is 1. The molecule has 0 aliphatic rings. The van der Waals surface area contributed by atoms with Crippen LogP contribution in [0, 0.1) is 6.92 Å². The van der Waals surface area contributed by atoms with Gasteiger partial charge in [0.1, 0.15) is 0 Å². The Morgan fingerprint density at radius 3 is 2.30 bits per heavy atom. The number of aliphatic carboxylic acids is 1. The zero-order valence-electron chi connectivity index (χ0n) is 22.7. The third kappa shape index (κ3) is 11.3. The van der Waals surface area contributed by atoms with Crippen molar-refractivity contribution in [1.29, 1.82) is 0 Å². The van der Waals surface area contributed by atoms with Crippen LogP contribution in [0.5, 0.6) is 0 Å². The van der Waals surface area contributed by atoms with Crippen LogP contribution in [0.15, 0.2) is 41.3 Å². The van der Waals surface area contributed by atoms with Crippen LogP contribution in [0.25, 0.3) is 5.69 Å². The fraction of sp³-hybridized carbons (Fsp3) is 0.500. The molecule has 0 spiro atoms. The molecule has 2 heterocycles. The first kappa shape index (κ1) is 31.6. The second kappa shape index (κ2) is 17.7. The lowest BCUT2D eigenvalue weighted by Crippen LogP contribution is -2.30. The largest absolute Gasteiger partial charge is 0.481 e. The zero-order chi connectivity index (χ0) is 28.6. The number of carboxylic acid groups (broad SMARTS) is 1. The standard InChI is InChI=1S/C26H35N5O7S2/c1-20-17-22(31-7-6-27-19-31)4-3-21(20)18-39-26-29-28-24(40-26)25(34)30(2)8-10-36-12-14-38-16-15-37-13-11-35-9-5-23(32)33/h3-4,6-7,17,19H,5,8-16,18H2,1-2H3,(H,32,33). The van der Waals surface area contributed by atoms with E-state index in [0.717, 1.165) is 15.8 Å². The highest BCUT2D eigenvalue weighted by atomic mass is 32.2. The molecule has 0 atom stereocenters. The van der Waals surface area contributed by atoms with Crippen LogP contribution in [0.3, 0.4) is 0 Å². The van der Waals surface area contributed by atoms with Crippen LogP contribution in [0.2, 0.25) is 0 Å². The van der Waals surface area contributed by atoms with Gasteiger partial charge in [-0.15, -0.1) is 10.2 Å². The molecule has 40 heavy (non-hydrogen) atoms. The summed E-state index contributed by atoms with van der Waals surface area (Å²) in [6.45, 7) is 5.46. The topological polar surface area (TPSA) is 138 Å². The normalized spacial score (nSPS) is 11.2. The number of ether oxygens (including phenoxy) is 4. The maximum atomic E-state index is 12.7. The first-order chi connectivity index (χ1) is 19.4. The Balaban J connectivity index is 1.24. The number of hydrogen-bond donors (Lipinski definition) is 1. The van der Waals surface area contributed by atoms with Gasteiger partial charge in [-0.05, 0) is 30.2 Å². The molecule has 2 aromatic heterocycles. The van der Waals surface area contributed by atoms with Crippen LogP contribution in [-0.2, 0) is 29.5 Å². The smallest absolute Gasteiger partial charge is 0.305 e. The SMILES string of the molecule is Cc1cc(-n2ccnc2)ccc1CSc1nnc(C(=O)N(C)CCOCCOCCOCCOCCC(=O)O)s1. The lowest BCUT2D eigenvalue weighted by molar-refractivity contribution is -0.138. The predicted octanol–water partition coefficient (Wildman–Crippen LogP) is 2.94. The van der Waals surface area contributed by atoms with Gasteiger partial charge >= 0.3 is 5.97 Å². The van der Waals surface area contributed by atoms with Gasteiger partial charge in [0.05, 0.1) is 65.6 Å². The fourth-order valence-electron chi connectivity index (χ4n) is 3.30. The maximum absolute atomic E-state index is 12.7. The van der Waals surface area contributed by atoms with E-state index in [9.17, 15) is 9.59 Å². The second-order valence-electron chi connectivity index (χ2n) is 8.56. The van der Waals surface area contributed by atoms with Gasteiger partial charge in [-0.25, -0.2) is 4.98 Å². The van der Waals surface area contributed by atoms with Crippen molar-refractivity contribution in [3.8, 4) is 5.69 Å². The molecule has 12 nitrogen and oxygen atoms in total. The average molecular weight is 594 g/mol. The molecule has 3 rings (SSSR count). The highest BCUT2D eigenvalue weighted by Gasteiger charge is 2.17. The van der Waals surface area contributed by atoms with Crippen molar-refractivity contribution in [2.45, 2.75) is 23.4 Å². The molecular formula is C26H35N5O7S2. The molecule has 0 bridgehead atoms. The van der Waals surface area contributed by atoms with Crippen LogP contribution >= 0.6 is 23.1 Å².